The number of morpholine rings is 1. The van der Waals surface area contributed by atoms with Crippen LogP contribution in [0.5, 0.6) is 0 Å². The van der Waals surface area contributed by atoms with E-state index >= 15 is 0 Å². The van der Waals surface area contributed by atoms with Gasteiger partial charge in [0.15, 0.2) is 12.3 Å². The maximum absolute atomic E-state index is 12.1. The number of nitrogens with zero attached hydrogens (tertiary/aromatic N) is 2. The van der Waals surface area contributed by atoms with Gasteiger partial charge in [-0.25, -0.2) is 9.78 Å². The average Bonchev–Trinajstić information content (AvgIpc) is 3.45. The SMILES string of the molecule is O=C(COC(=O)c1csc(-c2cccs2)n1)Nc1ccc(N2CCOCC2)cc1. The monoisotopic (exact) mass is 429 g/mol. The standard InChI is InChI=1S/C20H19N3O4S2/c24-18(21-14-3-5-15(6-4-14)23-7-9-26-10-8-23)12-27-20(25)16-13-29-19(22-16)17-2-1-11-28-17/h1-6,11,13H,7-10,12H2,(H,21,24). The van der Waals surface area contributed by atoms with Crippen LogP contribution in [0, 0.1) is 0 Å². The molecule has 0 bridgehead atoms. The Morgan fingerprint density at radius 2 is 1.93 bits per heavy atom. The molecule has 1 fully saturated rings. The Labute approximate surface area is 175 Å². The van der Waals surface area contributed by atoms with Crippen molar-refractivity contribution >= 4 is 45.9 Å². The zero-order chi connectivity index (χ0) is 20.1. The van der Waals surface area contributed by atoms with Crippen LogP contribution in [0.1, 0.15) is 10.5 Å². The third kappa shape index (κ3) is 5.00. The molecule has 1 amide bonds. The Bertz CT molecular complexity index is 964. The lowest BCUT2D eigenvalue weighted by Gasteiger charge is -2.28. The van der Waals surface area contributed by atoms with E-state index < -0.39 is 11.9 Å². The van der Waals surface area contributed by atoms with Gasteiger partial charge in [-0.15, -0.1) is 22.7 Å². The molecule has 0 radical (unpaired) electrons. The first-order valence-corrected chi connectivity index (χ1v) is 10.8. The van der Waals surface area contributed by atoms with Gasteiger partial charge in [0.2, 0.25) is 0 Å². The predicted octanol–water partition coefficient (Wildman–Crippen LogP) is 3.50. The van der Waals surface area contributed by atoms with Crippen molar-refractivity contribution in [1.29, 1.82) is 0 Å². The van der Waals surface area contributed by atoms with Crippen LogP contribution in [0.2, 0.25) is 0 Å². The summed E-state index contributed by atoms with van der Waals surface area (Å²) in [5, 5.41) is 7.08. The second-order valence-corrected chi connectivity index (χ2v) is 8.09. The molecule has 3 aromatic rings. The first kappa shape index (κ1) is 19.6. The molecule has 1 saturated heterocycles. The maximum Gasteiger partial charge on any atom is 0.358 e. The Morgan fingerprint density at radius 1 is 1.14 bits per heavy atom. The lowest BCUT2D eigenvalue weighted by molar-refractivity contribution is -0.119. The molecule has 1 aliphatic heterocycles. The molecule has 4 rings (SSSR count). The number of hydrogen-bond acceptors (Lipinski definition) is 8. The second-order valence-electron chi connectivity index (χ2n) is 6.29. The van der Waals surface area contributed by atoms with Gasteiger partial charge in [-0.1, -0.05) is 6.07 Å². The fourth-order valence-corrected chi connectivity index (χ4v) is 4.46. The van der Waals surface area contributed by atoms with Gasteiger partial charge in [-0.05, 0) is 35.7 Å². The molecular formula is C20H19N3O4S2. The molecule has 3 heterocycles. The van der Waals surface area contributed by atoms with Gasteiger partial charge >= 0.3 is 5.97 Å². The Kier molecular flexibility index (Phi) is 6.18. The molecular weight excluding hydrogens is 410 g/mol. The number of thiazole rings is 1. The number of anilines is 2. The van der Waals surface area contributed by atoms with Crippen LogP contribution in [0.4, 0.5) is 11.4 Å². The number of thiophene rings is 1. The molecule has 0 saturated carbocycles. The van der Waals surface area contributed by atoms with Gasteiger partial charge in [0, 0.05) is 29.8 Å². The Balaban J connectivity index is 1.27. The lowest BCUT2D eigenvalue weighted by atomic mass is 10.2. The summed E-state index contributed by atoms with van der Waals surface area (Å²) in [7, 11) is 0. The van der Waals surface area contributed by atoms with E-state index in [0.717, 1.165) is 41.9 Å². The van der Waals surface area contributed by atoms with E-state index in [4.69, 9.17) is 9.47 Å². The van der Waals surface area contributed by atoms with Crippen LogP contribution in [-0.4, -0.2) is 49.8 Å². The van der Waals surface area contributed by atoms with E-state index in [1.807, 2.05) is 41.8 Å². The van der Waals surface area contributed by atoms with Crippen molar-refractivity contribution in [1.82, 2.24) is 4.98 Å². The van der Waals surface area contributed by atoms with Crippen LogP contribution < -0.4 is 10.2 Å². The summed E-state index contributed by atoms with van der Waals surface area (Å²) >= 11 is 2.92. The van der Waals surface area contributed by atoms with Crippen molar-refractivity contribution < 1.29 is 19.1 Å². The average molecular weight is 430 g/mol. The topological polar surface area (TPSA) is 80.8 Å². The number of nitrogens with one attached hydrogen (secondary N) is 1. The Morgan fingerprint density at radius 3 is 2.66 bits per heavy atom. The van der Waals surface area contributed by atoms with Crippen LogP contribution >= 0.6 is 22.7 Å². The fraction of sp³-hybridized carbons (Fsp3) is 0.250. The summed E-state index contributed by atoms with van der Waals surface area (Å²) in [6.07, 6.45) is 0. The van der Waals surface area contributed by atoms with Gasteiger partial charge in [0.25, 0.3) is 5.91 Å². The zero-order valence-electron chi connectivity index (χ0n) is 15.5. The molecule has 150 valence electrons. The summed E-state index contributed by atoms with van der Waals surface area (Å²) in [5.41, 5.74) is 1.94. The van der Waals surface area contributed by atoms with Crippen molar-refractivity contribution in [3.63, 3.8) is 0 Å². The van der Waals surface area contributed by atoms with E-state index in [9.17, 15) is 9.59 Å². The van der Waals surface area contributed by atoms with Gasteiger partial charge < -0.3 is 19.7 Å². The Hall–Kier alpha value is -2.75. The fourth-order valence-electron chi connectivity index (χ4n) is 2.86. The van der Waals surface area contributed by atoms with Gasteiger partial charge in [-0.3, -0.25) is 4.79 Å². The summed E-state index contributed by atoms with van der Waals surface area (Å²) < 4.78 is 10.4. The number of esters is 1. The van der Waals surface area contributed by atoms with Crippen LogP contribution in [0.15, 0.2) is 47.2 Å². The maximum atomic E-state index is 12.1. The van der Waals surface area contributed by atoms with E-state index in [1.165, 1.54) is 11.3 Å². The number of amides is 1. The normalized spacial score (nSPS) is 13.9. The highest BCUT2D eigenvalue weighted by Crippen LogP contribution is 2.28. The smallest absolute Gasteiger partial charge is 0.358 e. The highest BCUT2D eigenvalue weighted by Gasteiger charge is 2.16. The van der Waals surface area contributed by atoms with Crippen LogP contribution in [0.3, 0.4) is 0 Å². The molecule has 1 N–H and O–H groups in total. The van der Waals surface area contributed by atoms with E-state index in [1.54, 1.807) is 16.7 Å². The zero-order valence-corrected chi connectivity index (χ0v) is 17.1. The molecule has 0 aliphatic carbocycles. The van der Waals surface area contributed by atoms with E-state index in [0.29, 0.717) is 5.69 Å². The molecule has 0 atom stereocenters. The third-order valence-electron chi connectivity index (χ3n) is 4.31. The molecule has 1 aromatic carbocycles. The third-order valence-corrected chi connectivity index (χ3v) is 6.19. The number of benzene rings is 1. The summed E-state index contributed by atoms with van der Waals surface area (Å²) in [5.74, 6) is -1.01. The molecule has 9 heteroatoms. The number of aromatic nitrogens is 1. The van der Waals surface area contributed by atoms with Gasteiger partial charge in [0.1, 0.15) is 5.01 Å². The van der Waals surface area contributed by atoms with Gasteiger partial charge in [0.05, 0.1) is 18.1 Å². The molecule has 2 aromatic heterocycles. The van der Waals surface area contributed by atoms with Crippen molar-refractivity contribution in [3.8, 4) is 9.88 Å². The molecule has 1 aliphatic rings. The number of hydrogen-bond donors (Lipinski definition) is 1. The van der Waals surface area contributed by atoms with E-state index in [2.05, 4.69) is 15.2 Å². The quantitative estimate of drug-likeness (QED) is 0.604. The molecule has 0 spiro atoms. The minimum Gasteiger partial charge on any atom is -0.451 e. The summed E-state index contributed by atoms with van der Waals surface area (Å²) in [6, 6.07) is 11.4. The minimum absolute atomic E-state index is 0.209. The molecule has 0 unspecified atom stereocenters. The first-order chi connectivity index (χ1) is 14.2. The summed E-state index contributed by atoms with van der Waals surface area (Å²) in [6.45, 7) is 2.78. The highest BCUT2D eigenvalue weighted by atomic mass is 32.1. The lowest BCUT2D eigenvalue weighted by Crippen LogP contribution is -2.36. The number of ether oxygens (including phenoxy) is 2. The van der Waals surface area contributed by atoms with Crippen molar-refractivity contribution in [2.75, 3.05) is 43.1 Å². The largest absolute Gasteiger partial charge is 0.451 e. The molecule has 29 heavy (non-hydrogen) atoms. The number of carbonyl (C=O) groups excluding carboxylic acids is 2. The first-order valence-electron chi connectivity index (χ1n) is 9.08. The van der Waals surface area contributed by atoms with Crippen LogP contribution in [-0.2, 0) is 14.3 Å². The number of rotatable bonds is 6. The number of carbonyl (C=O) groups is 2. The predicted molar refractivity (Wildman–Crippen MR) is 114 cm³/mol. The minimum atomic E-state index is -0.609. The summed E-state index contributed by atoms with van der Waals surface area (Å²) in [4.78, 5) is 31.7. The van der Waals surface area contributed by atoms with Crippen molar-refractivity contribution in [2.24, 2.45) is 0 Å². The van der Waals surface area contributed by atoms with Crippen molar-refractivity contribution in [2.45, 2.75) is 0 Å². The van der Waals surface area contributed by atoms with Gasteiger partial charge in [-0.2, -0.15) is 0 Å². The van der Waals surface area contributed by atoms with Crippen molar-refractivity contribution in [3.05, 3.63) is 52.9 Å². The second kappa shape index (κ2) is 9.17. The van der Waals surface area contributed by atoms with Crippen LogP contribution in [0.25, 0.3) is 9.88 Å². The highest BCUT2D eigenvalue weighted by molar-refractivity contribution is 7.20. The van der Waals surface area contributed by atoms with E-state index in [-0.39, 0.29) is 12.3 Å². The molecule has 7 nitrogen and oxygen atoms in total.